The van der Waals surface area contributed by atoms with E-state index in [0.717, 1.165) is 25.9 Å². The van der Waals surface area contributed by atoms with Crippen molar-refractivity contribution in [3.8, 4) is 0 Å². The van der Waals surface area contributed by atoms with Gasteiger partial charge in [0, 0.05) is 19.0 Å². The molecule has 2 rings (SSSR count). The first kappa shape index (κ1) is 8.05. The number of hydrogen-bond donors (Lipinski definition) is 1. The predicted molar refractivity (Wildman–Crippen MR) is 46.8 cm³/mol. The zero-order valence-corrected chi connectivity index (χ0v) is 7.55. The van der Waals surface area contributed by atoms with Crippen LogP contribution in [0.5, 0.6) is 0 Å². The molecule has 0 bridgehead atoms. The van der Waals surface area contributed by atoms with E-state index in [4.69, 9.17) is 0 Å². The Bertz CT molecular complexity index is 183. The van der Waals surface area contributed by atoms with Crippen LogP contribution in [0.3, 0.4) is 0 Å². The summed E-state index contributed by atoms with van der Waals surface area (Å²) in [5.41, 5.74) is 0. The quantitative estimate of drug-likeness (QED) is 0.639. The fraction of sp³-hybridized carbons (Fsp3) is 0.889. The Kier molecular flexibility index (Phi) is 2.05. The average Bonchev–Trinajstić information content (AvgIpc) is 1.79. The third-order valence-electron chi connectivity index (χ3n) is 2.89. The Labute approximate surface area is 73.1 Å². The highest BCUT2D eigenvalue weighted by Gasteiger charge is 2.30. The zero-order valence-electron chi connectivity index (χ0n) is 7.55. The second-order valence-electron chi connectivity index (χ2n) is 4.05. The second-order valence-corrected chi connectivity index (χ2v) is 4.05. The molecule has 0 aromatic rings. The van der Waals surface area contributed by atoms with E-state index < -0.39 is 0 Å². The molecule has 0 atom stereocenters. The summed E-state index contributed by atoms with van der Waals surface area (Å²) >= 11 is 0. The van der Waals surface area contributed by atoms with Gasteiger partial charge >= 0.3 is 0 Å². The molecule has 2 fully saturated rings. The zero-order chi connectivity index (χ0) is 8.55. The lowest BCUT2D eigenvalue weighted by molar-refractivity contribution is -0.129. The lowest BCUT2D eigenvalue weighted by Gasteiger charge is -2.38. The molecule has 12 heavy (non-hydrogen) atoms. The maximum atomic E-state index is 11.4. The van der Waals surface area contributed by atoms with E-state index in [9.17, 15) is 4.79 Å². The van der Waals surface area contributed by atoms with Crippen LogP contribution in [0.15, 0.2) is 0 Å². The number of rotatable bonds is 2. The third-order valence-corrected chi connectivity index (χ3v) is 2.89. The highest BCUT2D eigenvalue weighted by molar-refractivity contribution is 5.79. The fourth-order valence-corrected chi connectivity index (χ4v) is 1.78. The number of likely N-dealkylation sites (tertiary alicyclic amines) is 1. The van der Waals surface area contributed by atoms with Crippen molar-refractivity contribution in [3.05, 3.63) is 0 Å². The van der Waals surface area contributed by atoms with E-state index in [-0.39, 0.29) is 0 Å². The van der Waals surface area contributed by atoms with Crippen LogP contribution in [0, 0.1) is 5.92 Å². The van der Waals surface area contributed by atoms with E-state index in [0.29, 0.717) is 17.9 Å². The van der Waals surface area contributed by atoms with Crippen LogP contribution in [0.25, 0.3) is 0 Å². The number of hydrogen-bond acceptors (Lipinski definition) is 2. The first-order valence-electron chi connectivity index (χ1n) is 4.74. The van der Waals surface area contributed by atoms with Gasteiger partial charge in [0.05, 0.1) is 6.04 Å². The molecule has 3 heteroatoms. The molecule has 1 saturated heterocycles. The van der Waals surface area contributed by atoms with Crippen LogP contribution in [0.1, 0.15) is 19.3 Å². The Morgan fingerprint density at radius 1 is 1.42 bits per heavy atom. The molecule has 1 aliphatic carbocycles. The van der Waals surface area contributed by atoms with Crippen LogP contribution in [0.4, 0.5) is 0 Å². The molecule has 0 aromatic carbocycles. The molecule has 1 saturated carbocycles. The van der Waals surface area contributed by atoms with Crippen molar-refractivity contribution in [2.24, 2.45) is 5.92 Å². The summed E-state index contributed by atoms with van der Waals surface area (Å²) in [6.45, 7) is 2.05. The van der Waals surface area contributed by atoms with Crippen LogP contribution in [-0.2, 0) is 4.79 Å². The van der Waals surface area contributed by atoms with Crippen molar-refractivity contribution in [2.75, 3.05) is 20.1 Å². The van der Waals surface area contributed by atoms with E-state index in [1.165, 1.54) is 6.42 Å². The summed E-state index contributed by atoms with van der Waals surface area (Å²) in [6, 6.07) is 0.433. The molecule has 1 aliphatic heterocycles. The van der Waals surface area contributed by atoms with Gasteiger partial charge in [0.2, 0.25) is 5.91 Å². The lowest BCUT2D eigenvalue weighted by atomic mass is 9.84. The smallest absolute Gasteiger partial charge is 0.223 e. The van der Waals surface area contributed by atoms with E-state index in [2.05, 4.69) is 17.3 Å². The van der Waals surface area contributed by atoms with Gasteiger partial charge in [0.1, 0.15) is 0 Å². The van der Waals surface area contributed by atoms with Gasteiger partial charge in [-0.25, -0.2) is 0 Å². The van der Waals surface area contributed by atoms with Gasteiger partial charge < -0.3 is 10.2 Å². The summed E-state index contributed by atoms with van der Waals surface area (Å²) in [7, 11) is 2.08. The van der Waals surface area contributed by atoms with Gasteiger partial charge in [-0.15, -0.1) is 0 Å². The van der Waals surface area contributed by atoms with Crippen molar-refractivity contribution in [3.63, 3.8) is 0 Å². The van der Waals surface area contributed by atoms with Crippen LogP contribution in [-0.4, -0.2) is 37.0 Å². The monoisotopic (exact) mass is 168 g/mol. The van der Waals surface area contributed by atoms with Crippen LogP contribution in [0.2, 0.25) is 0 Å². The first-order chi connectivity index (χ1) is 5.75. The number of nitrogens with one attached hydrogen (secondary N) is 1. The molecule has 2 aliphatic rings. The highest BCUT2D eigenvalue weighted by Crippen LogP contribution is 2.26. The van der Waals surface area contributed by atoms with Gasteiger partial charge in [-0.1, -0.05) is 6.42 Å². The highest BCUT2D eigenvalue weighted by atomic mass is 16.2. The number of likely N-dealkylation sites (N-methyl/N-ethyl adjacent to an activating group) is 1. The summed E-state index contributed by atoms with van der Waals surface area (Å²) in [5, 5.41) is 3.07. The maximum absolute atomic E-state index is 11.4. The van der Waals surface area contributed by atoms with Crippen LogP contribution < -0.4 is 5.32 Å². The molecule has 0 radical (unpaired) electrons. The van der Waals surface area contributed by atoms with Gasteiger partial charge in [-0.2, -0.15) is 0 Å². The van der Waals surface area contributed by atoms with Gasteiger partial charge in [-0.3, -0.25) is 4.79 Å². The Balaban J connectivity index is 1.69. The largest absolute Gasteiger partial charge is 0.351 e. The summed E-state index contributed by atoms with van der Waals surface area (Å²) in [4.78, 5) is 13.6. The molecule has 0 unspecified atom stereocenters. The number of amides is 1. The molecule has 1 N–H and O–H groups in total. The standard InChI is InChI=1S/C9H16N2O/c1-11-5-8(6-11)10-9(12)7-3-2-4-7/h7-8H,2-6H2,1H3,(H,10,12). The first-order valence-corrected chi connectivity index (χ1v) is 4.74. The molecule has 1 heterocycles. The minimum atomic E-state index is 0.291. The molecule has 68 valence electrons. The lowest BCUT2D eigenvalue weighted by Crippen LogP contribution is -2.58. The third kappa shape index (κ3) is 1.46. The minimum absolute atomic E-state index is 0.291. The molecule has 0 spiro atoms. The van der Waals surface area contributed by atoms with Crippen LogP contribution >= 0.6 is 0 Å². The fourth-order valence-electron chi connectivity index (χ4n) is 1.78. The normalized spacial score (nSPS) is 26.1. The number of nitrogens with zero attached hydrogens (tertiary/aromatic N) is 1. The van der Waals surface area contributed by atoms with E-state index in [1.807, 2.05) is 0 Å². The summed E-state index contributed by atoms with van der Waals surface area (Å²) < 4.78 is 0. The van der Waals surface area contributed by atoms with Crippen molar-refractivity contribution in [1.82, 2.24) is 10.2 Å². The summed E-state index contributed by atoms with van der Waals surface area (Å²) in [6.07, 6.45) is 3.45. The van der Waals surface area contributed by atoms with Gasteiger partial charge in [0.15, 0.2) is 0 Å². The Morgan fingerprint density at radius 2 is 2.08 bits per heavy atom. The minimum Gasteiger partial charge on any atom is -0.351 e. The second kappa shape index (κ2) is 3.05. The van der Waals surface area contributed by atoms with E-state index >= 15 is 0 Å². The molecular formula is C9H16N2O. The topological polar surface area (TPSA) is 32.3 Å². The van der Waals surface area contributed by atoms with Crippen molar-refractivity contribution < 1.29 is 4.79 Å². The van der Waals surface area contributed by atoms with Crippen molar-refractivity contribution in [1.29, 1.82) is 0 Å². The van der Waals surface area contributed by atoms with Gasteiger partial charge in [0.25, 0.3) is 0 Å². The number of carbonyl (C=O) groups excluding carboxylic acids is 1. The predicted octanol–water partition coefficient (Wildman–Crippen LogP) is 0.217. The molecule has 1 amide bonds. The number of carbonyl (C=O) groups is 1. The van der Waals surface area contributed by atoms with E-state index in [1.54, 1.807) is 0 Å². The maximum Gasteiger partial charge on any atom is 0.223 e. The Hall–Kier alpha value is -0.570. The molecule has 3 nitrogen and oxygen atoms in total. The molecular weight excluding hydrogens is 152 g/mol. The SMILES string of the molecule is CN1CC(NC(=O)C2CCC2)C1. The summed E-state index contributed by atoms with van der Waals surface area (Å²) in [5.74, 6) is 0.634. The van der Waals surface area contributed by atoms with Gasteiger partial charge in [-0.05, 0) is 19.9 Å². The Morgan fingerprint density at radius 3 is 2.50 bits per heavy atom. The van der Waals surface area contributed by atoms with Crippen molar-refractivity contribution >= 4 is 5.91 Å². The molecule has 0 aromatic heterocycles. The van der Waals surface area contributed by atoms with Crippen molar-refractivity contribution in [2.45, 2.75) is 25.3 Å². The average molecular weight is 168 g/mol.